The molecule has 0 aromatic carbocycles. The van der Waals surface area contributed by atoms with E-state index in [2.05, 4.69) is 27.4 Å². The van der Waals surface area contributed by atoms with Gasteiger partial charge in [-0.3, -0.25) is 0 Å². The zero-order chi connectivity index (χ0) is 19.6. The highest BCUT2D eigenvalue weighted by molar-refractivity contribution is 5.83. The zero-order valence-corrected chi connectivity index (χ0v) is 17.2. The molecule has 0 aromatic rings. The quantitative estimate of drug-likeness (QED) is 0.423. The van der Waals surface area contributed by atoms with Crippen molar-refractivity contribution in [2.75, 3.05) is 6.61 Å². The van der Waals surface area contributed by atoms with Gasteiger partial charge in [0.05, 0.1) is 0 Å². The molecule has 1 unspecified atom stereocenters. The summed E-state index contributed by atoms with van der Waals surface area (Å²) < 4.78 is 11.4. The summed E-state index contributed by atoms with van der Waals surface area (Å²) in [6.45, 7) is 9.85. The Balaban J connectivity index is 1.86. The van der Waals surface area contributed by atoms with Crippen LogP contribution < -0.4 is 0 Å². The van der Waals surface area contributed by atoms with Crippen molar-refractivity contribution in [3.63, 3.8) is 0 Å². The summed E-state index contributed by atoms with van der Waals surface area (Å²) in [6.07, 6.45) is 10.7. The van der Waals surface area contributed by atoms with Gasteiger partial charge >= 0.3 is 11.9 Å². The van der Waals surface area contributed by atoms with E-state index < -0.39 is 5.97 Å². The molecule has 0 heterocycles. The topological polar surface area (TPSA) is 52.6 Å². The number of carbonyl (C=O) groups is 2. The Morgan fingerprint density at radius 3 is 2.19 bits per heavy atom. The first-order valence-electron chi connectivity index (χ1n) is 10.9. The molecule has 0 amide bonds. The van der Waals surface area contributed by atoms with Crippen molar-refractivity contribution in [3.8, 4) is 0 Å². The maximum Gasteiger partial charge on any atom is 0.344 e. The summed E-state index contributed by atoms with van der Waals surface area (Å²) in [5.74, 6) is 2.46. The highest BCUT2D eigenvalue weighted by Crippen LogP contribution is 2.63. The van der Waals surface area contributed by atoms with Crippen LogP contribution in [0.1, 0.15) is 72.1 Å². The summed E-state index contributed by atoms with van der Waals surface area (Å²) in [6, 6.07) is 0. The van der Waals surface area contributed by atoms with Gasteiger partial charge in [-0.15, -0.1) is 0 Å². The van der Waals surface area contributed by atoms with E-state index in [1.807, 2.05) is 0 Å². The molecule has 4 aliphatic rings. The van der Waals surface area contributed by atoms with Crippen molar-refractivity contribution in [2.45, 2.75) is 77.7 Å². The zero-order valence-electron chi connectivity index (χ0n) is 17.2. The Morgan fingerprint density at radius 1 is 1.11 bits per heavy atom. The predicted octanol–water partition coefficient (Wildman–Crippen LogP) is 4.92. The van der Waals surface area contributed by atoms with Crippen LogP contribution in [0.3, 0.4) is 0 Å². The Kier molecular flexibility index (Phi) is 6.32. The van der Waals surface area contributed by atoms with E-state index in [0.717, 1.165) is 30.8 Å². The summed E-state index contributed by atoms with van der Waals surface area (Å²) in [7, 11) is 0. The van der Waals surface area contributed by atoms with Crippen LogP contribution in [-0.2, 0) is 19.1 Å². The molecule has 4 heteroatoms. The number of hydrogen-bond donors (Lipinski definition) is 0. The average Bonchev–Trinajstić information content (AvgIpc) is 2.63. The lowest BCUT2D eigenvalue weighted by atomic mass is 9.46. The average molecular weight is 377 g/mol. The molecular weight excluding hydrogens is 340 g/mol. The van der Waals surface area contributed by atoms with Crippen molar-refractivity contribution < 1.29 is 19.1 Å². The SMILES string of the molecule is C=CC(=O)OCC(=O)OC1(C(CCCC)C(C)C)C2CC3CC(C2)CC1C3. The van der Waals surface area contributed by atoms with Crippen LogP contribution in [0.5, 0.6) is 0 Å². The minimum Gasteiger partial charge on any atom is -0.456 e. The third-order valence-electron chi connectivity index (χ3n) is 7.46. The van der Waals surface area contributed by atoms with Crippen molar-refractivity contribution in [1.29, 1.82) is 0 Å². The molecule has 0 aliphatic heterocycles. The number of rotatable bonds is 9. The number of carbonyl (C=O) groups excluding carboxylic acids is 2. The number of esters is 2. The normalized spacial score (nSPS) is 35.1. The van der Waals surface area contributed by atoms with E-state index in [9.17, 15) is 9.59 Å². The van der Waals surface area contributed by atoms with Gasteiger partial charge in [-0.1, -0.05) is 40.2 Å². The lowest BCUT2D eigenvalue weighted by molar-refractivity contribution is -0.237. The molecule has 27 heavy (non-hydrogen) atoms. The fraction of sp³-hybridized carbons (Fsp3) is 0.826. The summed E-state index contributed by atoms with van der Waals surface area (Å²) in [5.41, 5.74) is -0.367. The van der Waals surface area contributed by atoms with E-state index in [1.54, 1.807) is 0 Å². The molecule has 4 rings (SSSR count). The third kappa shape index (κ3) is 3.95. The van der Waals surface area contributed by atoms with Crippen molar-refractivity contribution in [3.05, 3.63) is 12.7 Å². The van der Waals surface area contributed by atoms with Gasteiger partial charge in [-0.25, -0.2) is 9.59 Å². The monoisotopic (exact) mass is 376 g/mol. The number of unbranched alkanes of at least 4 members (excludes halogenated alkanes) is 1. The lowest BCUT2D eigenvalue weighted by Gasteiger charge is -2.63. The standard InChI is InChI=1S/C23H36O4/c1-5-7-8-20(15(3)4)23(27-22(25)14-26-21(24)6-2)18-10-16-9-17(12-18)13-19(23)11-16/h6,15-20H,2,5,7-14H2,1,3-4H3. The largest absolute Gasteiger partial charge is 0.456 e. The van der Waals surface area contributed by atoms with Gasteiger partial charge in [0, 0.05) is 12.0 Å². The highest BCUT2D eigenvalue weighted by atomic mass is 16.6. The molecule has 0 aromatic heterocycles. The molecule has 0 N–H and O–H groups in total. The molecule has 0 saturated heterocycles. The Labute approximate surface area is 164 Å². The van der Waals surface area contributed by atoms with E-state index in [0.29, 0.717) is 23.7 Å². The summed E-state index contributed by atoms with van der Waals surface area (Å²) in [5, 5.41) is 0. The molecule has 152 valence electrons. The van der Waals surface area contributed by atoms with Gasteiger partial charge < -0.3 is 9.47 Å². The van der Waals surface area contributed by atoms with Crippen LogP contribution in [0.2, 0.25) is 0 Å². The van der Waals surface area contributed by atoms with Crippen molar-refractivity contribution in [2.24, 2.45) is 35.5 Å². The van der Waals surface area contributed by atoms with Crippen LogP contribution in [0.25, 0.3) is 0 Å². The van der Waals surface area contributed by atoms with Gasteiger partial charge in [-0.2, -0.15) is 0 Å². The van der Waals surface area contributed by atoms with E-state index in [1.165, 1.54) is 38.5 Å². The molecule has 4 nitrogen and oxygen atoms in total. The van der Waals surface area contributed by atoms with E-state index >= 15 is 0 Å². The maximum atomic E-state index is 12.7. The second kappa shape index (κ2) is 8.36. The van der Waals surface area contributed by atoms with Crippen LogP contribution in [0.15, 0.2) is 12.7 Å². The lowest BCUT2D eigenvalue weighted by Crippen LogP contribution is -2.64. The van der Waals surface area contributed by atoms with Crippen LogP contribution in [-0.4, -0.2) is 24.1 Å². The van der Waals surface area contributed by atoms with Crippen LogP contribution in [0.4, 0.5) is 0 Å². The van der Waals surface area contributed by atoms with Gasteiger partial charge in [-0.05, 0) is 68.1 Å². The molecule has 0 radical (unpaired) electrons. The minimum absolute atomic E-state index is 0.308. The summed E-state index contributed by atoms with van der Waals surface area (Å²) >= 11 is 0. The second-order valence-corrected chi connectivity index (χ2v) is 9.44. The fourth-order valence-electron chi connectivity index (χ4n) is 6.69. The molecule has 4 bridgehead atoms. The second-order valence-electron chi connectivity index (χ2n) is 9.44. The number of hydrogen-bond acceptors (Lipinski definition) is 4. The molecule has 4 aliphatic carbocycles. The minimum atomic E-state index is -0.572. The first kappa shape index (κ1) is 20.4. The first-order valence-corrected chi connectivity index (χ1v) is 10.9. The Hall–Kier alpha value is -1.32. The third-order valence-corrected chi connectivity index (χ3v) is 7.46. The van der Waals surface area contributed by atoms with Gasteiger partial charge in [0.15, 0.2) is 6.61 Å². The molecular formula is C23H36O4. The maximum absolute atomic E-state index is 12.7. The van der Waals surface area contributed by atoms with E-state index in [-0.39, 0.29) is 18.2 Å². The number of ether oxygens (including phenoxy) is 2. The smallest absolute Gasteiger partial charge is 0.344 e. The molecule has 4 fully saturated rings. The van der Waals surface area contributed by atoms with Gasteiger partial charge in [0.2, 0.25) is 0 Å². The predicted molar refractivity (Wildman–Crippen MR) is 105 cm³/mol. The van der Waals surface area contributed by atoms with Crippen LogP contribution in [0, 0.1) is 35.5 Å². The fourth-order valence-corrected chi connectivity index (χ4v) is 6.69. The van der Waals surface area contributed by atoms with Crippen LogP contribution >= 0.6 is 0 Å². The first-order chi connectivity index (χ1) is 12.9. The molecule has 0 spiro atoms. The highest BCUT2D eigenvalue weighted by Gasteiger charge is 2.62. The van der Waals surface area contributed by atoms with Gasteiger partial charge in [0.1, 0.15) is 5.60 Å². The molecule has 1 atom stereocenters. The van der Waals surface area contributed by atoms with Crippen molar-refractivity contribution >= 4 is 11.9 Å². The summed E-state index contributed by atoms with van der Waals surface area (Å²) in [4.78, 5) is 24.1. The Morgan fingerprint density at radius 2 is 1.70 bits per heavy atom. The molecule has 4 saturated carbocycles. The van der Waals surface area contributed by atoms with Gasteiger partial charge in [0.25, 0.3) is 0 Å². The van der Waals surface area contributed by atoms with Crippen molar-refractivity contribution in [1.82, 2.24) is 0 Å². The Bertz CT molecular complexity index is 537. The van der Waals surface area contributed by atoms with E-state index in [4.69, 9.17) is 9.47 Å².